The number of carbonyl (C=O) groups excluding carboxylic acids is 7. The molecule has 3 fully saturated rings. The van der Waals surface area contributed by atoms with Crippen LogP contribution < -0.4 is 10.6 Å². The van der Waals surface area contributed by atoms with Crippen LogP contribution >= 0.6 is 0 Å². The van der Waals surface area contributed by atoms with Crippen molar-refractivity contribution < 1.29 is 66.7 Å². The minimum Gasteiger partial charge on any atom is -0.469 e. The molecule has 0 aromatic heterocycles. The summed E-state index contributed by atoms with van der Waals surface area (Å²) in [7, 11) is 5.95. The van der Waals surface area contributed by atoms with Crippen LogP contribution in [-0.2, 0) is 61.9 Å². The Balaban J connectivity index is 0.000000910. The van der Waals surface area contributed by atoms with E-state index in [1.165, 1.54) is 30.6 Å². The predicted molar refractivity (Wildman–Crippen MR) is 257 cm³/mol. The highest BCUT2D eigenvalue weighted by atomic mass is 16.7. The Morgan fingerprint density at radius 3 is 1.78 bits per heavy atom. The molecule has 68 heavy (non-hydrogen) atoms. The summed E-state index contributed by atoms with van der Waals surface area (Å²) in [6.45, 7) is 24.4. The van der Waals surface area contributed by atoms with Crippen molar-refractivity contribution in [3.63, 3.8) is 0 Å². The maximum atomic E-state index is 13.1. The highest BCUT2D eigenvalue weighted by Gasteiger charge is 2.44. The Hall–Kier alpha value is -4.65. The van der Waals surface area contributed by atoms with Crippen molar-refractivity contribution in [3.05, 3.63) is 35.9 Å². The van der Waals surface area contributed by atoms with Crippen molar-refractivity contribution in [1.29, 1.82) is 0 Å². The van der Waals surface area contributed by atoms with Gasteiger partial charge in [-0.05, 0) is 70.9 Å². The molecule has 0 radical (unpaired) electrons. The first-order valence-electron chi connectivity index (χ1n) is 24.1. The van der Waals surface area contributed by atoms with Gasteiger partial charge in [0.15, 0.2) is 12.6 Å². The molecular formula is C50H86N4O14. The van der Waals surface area contributed by atoms with E-state index in [1.54, 1.807) is 51.5 Å². The minimum atomic E-state index is -0.845. The molecule has 3 heterocycles. The molecule has 2 N–H and O–H groups in total. The van der Waals surface area contributed by atoms with Gasteiger partial charge in [0, 0.05) is 70.8 Å². The van der Waals surface area contributed by atoms with E-state index in [4.69, 9.17) is 28.4 Å². The Labute approximate surface area is 406 Å². The number of methoxy groups -OCH3 is 3. The van der Waals surface area contributed by atoms with Gasteiger partial charge in [0.25, 0.3) is 11.8 Å². The molecule has 1 aromatic rings. The molecule has 0 bridgehead atoms. The number of amides is 4. The van der Waals surface area contributed by atoms with Crippen LogP contribution in [0.5, 0.6) is 0 Å². The molecule has 390 valence electrons. The van der Waals surface area contributed by atoms with Crippen molar-refractivity contribution >= 4 is 41.5 Å². The van der Waals surface area contributed by atoms with E-state index in [0.29, 0.717) is 70.0 Å². The summed E-state index contributed by atoms with van der Waals surface area (Å²) in [5.74, 6) is 0.394. The van der Waals surface area contributed by atoms with Crippen LogP contribution in [0.4, 0.5) is 0 Å². The number of cyclic esters (lactones) is 1. The lowest BCUT2D eigenvalue weighted by molar-refractivity contribution is -0.175. The number of hydrazine groups is 1. The molecule has 4 rings (SSSR count). The summed E-state index contributed by atoms with van der Waals surface area (Å²) in [5.41, 5.74) is 0.439. The fourth-order valence-electron chi connectivity index (χ4n) is 6.96. The number of rotatable bonds is 18. The highest BCUT2D eigenvalue weighted by Crippen LogP contribution is 2.25. The second-order valence-corrected chi connectivity index (χ2v) is 17.3. The van der Waals surface area contributed by atoms with Gasteiger partial charge in [-0.2, -0.15) is 0 Å². The van der Waals surface area contributed by atoms with Crippen LogP contribution in [0, 0.1) is 29.6 Å². The fourth-order valence-corrected chi connectivity index (χ4v) is 6.96. The van der Waals surface area contributed by atoms with E-state index < -0.39 is 18.0 Å². The largest absolute Gasteiger partial charge is 0.469 e. The van der Waals surface area contributed by atoms with Crippen LogP contribution in [0.15, 0.2) is 30.3 Å². The lowest BCUT2D eigenvalue weighted by atomic mass is 9.96. The fraction of sp³-hybridized carbons (Fsp3) is 0.740. The summed E-state index contributed by atoms with van der Waals surface area (Å²) in [6.07, 6.45) is 3.52. The quantitative estimate of drug-likeness (QED) is 0.0915. The molecule has 0 aliphatic carbocycles. The van der Waals surface area contributed by atoms with Gasteiger partial charge in [-0.15, -0.1) is 0 Å². The number of hydrogen-bond donors (Lipinski definition) is 2. The van der Waals surface area contributed by atoms with Crippen molar-refractivity contribution in [2.75, 3.05) is 54.7 Å². The molecule has 3 saturated heterocycles. The van der Waals surface area contributed by atoms with Crippen LogP contribution in [0.3, 0.4) is 0 Å². The number of carbonyl (C=O) groups is 7. The summed E-state index contributed by atoms with van der Waals surface area (Å²) >= 11 is 0. The third kappa shape index (κ3) is 23.6. The van der Waals surface area contributed by atoms with Crippen LogP contribution in [-0.4, -0.2) is 137 Å². The Bertz CT molecular complexity index is 1610. The molecule has 4 amide bonds. The lowest BCUT2D eigenvalue weighted by Crippen LogP contribution is -2.63. The molecule has 1 aromatic carbocycles. The molecule has 2 unspecified atom stereocenters. The van der Waals surface area contributed by atoms with Gasteiger partial charge in [0.05, 0.1) is 33.0 Å². The van der Waals surface area contributed by atoms with Gasteiger partial charge >= 0.3 is 17.9 Å². The number of esters is 3. The second kappa shape index (κ2) is 35.5. The maximum absolute atomic E-state index is 13.1. The normalized spacial score (nSPS) is 19.9. The standard InChI is InChI=1S/C18H22N4O4.C11H22O4.C8H16O4.C7H16.C6H10O2/c1-19-17(25)14-8-5-11-21-15(23)10-9-13(18(26)22(14)21)20-16(24)12-6-3-2-4-7-12;1-5-13-10(12)8-9(4)11(14-6-2)15-7-3;1-6(5-7(9)10-2)8(11-3)12-4;1-5-7(4)6(2)3;1-4-3-6(7)8-5(4)2/h2-4,6-7,13-14H,5,8-11H2,1H3,(H,19,25)(H,20,24);9,11H,5-8H2,1-4H3;6,8H,5H2,1-4H3;6-7H,5H2,1-4H3;4-5H,3H2,1-2H3/t13?,14-;9-;6-;7-;4-,5?/m00000/s1. The Morgan fingerprint density at radius 2 is 1.35 bits per heavy atom. The summed E-state index contributed by atoms with van der Waals surface area (Å²) < 4.78 is 35.0. The van der Waals surface area contributed by atoms with Gasteiger partial charge in [-0.25, -0.2) is 5.01 Å². The first-order valence-corrected chi connectivity index (χ1v) is 24.1. The monoisotopic (exact) mass is 967 g/mol. The number of nitrogens with one attached hydrogen (secondary N) is 2. The molecule has 7 atom stereocenters. The minimum absolute atomic E-state index is 0.00690. The first kappa shape index (κ1) is 63.4. The van der Waals surface area contributed by atoms with Gasteiger partial charge in [0.2, 0.25) is 11.8 Å². The SMILES string of the molecule is CC1OC(=O)C[C@@H]1C.CCOC(=O)C[C@H](C)C(OCC)OCC.CC[C@H](C)C(C)C.CNC(=O)[C@@H]1CCCN2C(=O)CCC(NC(=O)c3ccccc3)C(=O)N12.COC(=O)C[C@H](C)C(OC)OC. The van der Waals surface area contributed by atoms with E-state index >= 15 is 0 Å². The highest BCUT2D eigenvalue weighted by molar-refractivity contribution is 5.99. The van der Waals surface area contributed by atoms with Crippen LogP contribution in [0.1, 0.15) is 138 Å². The lowest BCUT2D eigenvalue weighted by Gasteiger charge is -2.42. The number of benzene rings is 1. The van der Waals surface area contributed by atoms with Crippen molar-refractivity contribution in [1.82, 2.24) is 20.7 Å². The average Bonchev–Trinajstić information content (AvgIpc) is 3.56. The van der Waals surface area contributed by atoms with Crippen LogP contribution in [0.25, 0.3) is 0 Å². The third-order valence-corrected chi connectivity index (χ3v) is 11.7. The number of ether oxygens (including phenoxy) is 7. The Morgan fingerprint density at radius 1 is 0.779 bits per heavy atom. The summed E-state index contributed by atoms with van der Waals surface area (Å²) in [5, 5.41) is 7.87. The number of likely N-dealkylation sites (N-methyl/N-ethyl adjacent to an activating group) is 1. The van der Waals surface area contributed by atoms with Gasteiger partial charge in [-0.3, -0.25) is 38.6 Å². The van der Waals surface area contributed by atoms with Crippen LogP contribution in [0.2, 0.25) is 0 Å². The number of fused-ring (bicyclic) bond motifs is 1. The molecule has 0 saturated carbocycles. The van der Waals surface area contributed by atoms with Crippen molar-refractivity contribution in [3.8, 4) is 0 Å². The molecule has 3 aliphatic heterocycles. The zero-order valence-electron chi connectivity index (χ0n) is 43.8. The van der Waals surface area contributed by atoms with E-state index in [0.717, 1.165) is 11.8 Å². The number of hydrogen-bond acceptors (Lipinski definition) is 14. The van der Waals surface area contributed by atoms with E-state index in [1.807, 2.05) is 41.5 Å². The van der Waals surface area contributed by atoms with Gasteiger partial charge in [-0.1, -0.05) is 73.1 Å². The van der Waals surface area contributed by atoms with E-state index in [2.05, 4.69) is 43.1 Å². The molecular weight excluding hydrogens is 881 g/mol. The average molecular weight is 967 g/mol. The third-order valence-electron chi connectivity index (χ3n) is 11.7. The molecule has 18 nitrogen and oxygen atoms in total. The zero-order valence-corrected chi connectivity index (χ0v) is 43.8. The Kier molecular flexibility index (Phi) is 33.0. The smallest absolute Gasteiger partial charge is 0.306 e. The summed E-state index contributed by atoms with van der Waals surface area (Å²) in [4.78, 5) is 82.6. The number of nitrogens with zero attached hydrogens (tertiary/aromatic N) is 2. The van der Waals surface area contributed by atoms with E-state index in [-0.39, 0.29) is 79.0 Å². The van der Waals surface area contributed by atoms with E-state index in [9.17, 15) is 33.6 Å². The predicted octanol–water partition coefficient (Wildman–Crippen LogP) is 6.49. The molecule has 0 spiro atoms. The first-order chi connectivity index (χ1) is 32.2. The topological polar surface area (TPSA) is 215 Å². The van der Waals surface area contributed by atoms with Gasteiger partial charge in [0.1, 0.15) is 18.2 Å². The zero-order chi connectivity index (χ0) is 51.9. The second-order valence-electron chi connectivity index (χ2n) is 17.3. The van der Waals surface area contributed by atoms with Gasteiger partial charge < -0.3 is 43.8 Å². The molecule has 3 aliphatic rings. The van der Waals surface area contributed by atoms with Crippen molar-refractivity contribution in [2.24, 2.45) is 29.6 Å². The summed E-state index contributed by atoms with van der Waals surface area (Å²) in [6, 6.07) is 7.00. The van der Waals surface area contributed by atoms with Crippen molar-refractivity contribution in [2.45, 2.75) is 158 Å². The molecule has 18 heteroatoms. The maximum Gasteiger partial charge on any atom is 0.306 e.